The monoisotopic (exact) mass is 698 g/mol. The SMILES string of the molecule is O=C(O)CC(O)(CC(=O)OC(CC(=O)O)(CC(=O)OC(CC(=O)O)(CC(=O)O)C(=O)O)C(=O)O)C(=O)O.[Ca+2].[H-].[H-].[H-].[H-].[H-].[H-].[Mg+2].[Sr+2]. The van der Waals surface area contributed by atoms with E-state index in [-0.39, 0.29) is 115 Å². The number of aliphatic carboxylic acids is 7. The van der Waals surface area contributed by atoms with Crippen LogP contribution in [-0.2, 0) is 52.6 Å². The number of ether oxygens (including phenoxy) is 2. The molecule has 2 unspecified atom stereocenters. The molecule has 0 heterocycles. The van der Waals surface area contributed by atoms with Crippen molar-refractivity contribution < 1.29 is 102 Å². The Morgan fingerprint density at radius 2 is 0.775 bits per heavy atom. The molecule has 2 atom stereocenters. The minimum atomic E-state index is -3.50. The third kappa shape index (κ3) is 14.5. The number of carboxylic acids is 7. The number of hydrogen-bond acceptors (Lipinski definition) is 12. The van der Waals surface area contributed by atoms with Crippen molar-refractivity contribution in [1.29, 1.82) is 0 Å². The summed E-state index contributed by atoms with van der Waals surface area (Å²) in [6, 6.07) is 0. The van der Waals surface area contributed by atoms with Crippen molar-refractivity contribution >= 4 is 160 Å². The van der Waals surface area contributed by atoms with Crippen LogP contribution in [0.1, 0.15) is 47.1 Å². The quantitative estimate of drug-likeness (QED) is 0.0546. The maximum absolute atomic E-state index is 12.4. The van der Waals surface area contributed by atoms with E-state index >= 15 is 0 Å². The number of esters is 2. The Morgan fingerprint density at radius 1 is 0.500 bits per heavy atom. The molecule has 0 aromatic rings. The summed E-state index contributed by atoms with van der Waals surface area (Å²) in [5.74, 6) is -19.1. The molecule has 0 radical (unpaired) electrons. The predicted octanol–water partition coefficient (Wildman–Crippen LogP) is -3.25. The van der Waals surface area contributed by atoms with Crippen LogP contribution < -0.4 is 0 Å². The molecular weight excluding hydrogens is 672 g/mol. The first-order valence-corrected chi connectivity index (χ1v) is 9.44. The normalized spacial score (nSPS) is 13.1. The van der Waals surface area contributed by atoms with E-state index < -0.39 is 109 Å². The Morgan fingerprint density at radius 3 is 1.02 bits per heavy atom. The molecule has 0 rings (SSSR count). The van der Waals surface area contributed by atoms with Crippen LogP contribution in [0.4, 0.5) is 0 Å². The molecule has 22 heteroatoms. The molecular formula is C18H26CaMgO19Sr. The Bertz CT molecular complexity index is 1040. The number of rotatable bonds is 17. The molecule has 218 valence electrons. The summed E-state index contributed by atoms with van der Waals surface area (Å²) in [5.41, 5.74) is -10.2. The van der Waals surface area contributed by atoms with Gasteiger partial charge >= 0.3 is 160 Å². The smallest absolute Gasteiger partial charge is 1.00 e. The number of carbonyl (C=O) groups is 9. The molecule has 0 aliphatic carbocycles. The van der Waals surface area contributed by atoms with E-state index in [1.54, 1.807) is 0 Å². The molecule has 0 saturated heterocycles. The van der Waals surface area contributed by atoms with Crippen molar-refractivity contribution in [2.75, 3.05) is 0 Å². The van der Waals surface area contributed by atoms with Crippen molar-refractivity contribution in [3.63, 3.8) is 0 Å². The topological polar surface area (TPSA) is 334 Å². The Hall–Kier alpha value is -1.30. The molecule has 0 aromatic heterocycles. The van der Waals surface area contributed by atoms with Crippen molar-refractivity contribution in [1.82, 2.24) is 0 Å². The van der Waals surface area contributed by atoms with Crippen LogP contribution in [0.15, 0.2) is 0 Å². The fourth-order valence-electron chi connectivity index (χ4n) is 2.84. The summed E-state index contributed by atoms with van der Waals surface area (Å²) >= 11 is 0. The van der Waals surface area contributed by atoms with Crippen molar-refractivity contribution in [2.24, 2.45) is 0 Å². The van der Waals surface area contributed by atoms with Crippen LogP contribution in [-0.4, -0.2) is 218 Å². The number of carboxylic acid groups (broad SMARTS) is 7. The largest absolute Gasteiger partial charge is 2.00 e. The molecule has 0 aromatic carbocycles. The van der Waals surface area contributed by atoms with E-state index in [4.69, 9.17) is 25.5 Å². The molecule has 19 nitrogen and oxygen atoms in total. The minimum absolute atomic E-state index is 0. The molecule has 0 aliphatic rings. The molecule has 0 saturated carbocycles. The fourth-order valence-corrected chi connectivity index (χ4v) is 2.84. The van der Waals surface area contributed by atoms with Crippen molar-refractivity contribution in [3.8, 4) is 0 Å². The van der Waals surface area contributed by atoms with Crippen molar-refractivity contribution in [2.45, 2.75) is 55.3 Å². The zero-order chi connectivity index (χ0) is 29.4. The minimum Gasteiger partial charge on any atom is -1.00 e. The third-order valence-electron chi connectivity index (χ3n) is 4.42. The van der Waals surface area contributed by atoms with Gasteiger partial charge in [0.2, 0.25) is 11.2 Å². The van der Waals surface area contributed by atoms with Crippen molar-refractivity contribution in [3.05, 3.63) is 0 Å². The number of hydrogen-bond donors (Lipinski definition) is 8. The number of aliphatic hydroxyl groups is 1. The van der Waals surface area contributed by atoms with Crippen LogP contribution in [0.3, 0.4) is 0 Å². The first-order valence-electron chi connectivity index (χ1n) is 9.44. The zero-order valence-electron chi connectivity index (χ0n) is 26.4. The standard InChI is InChI=1S/C18H20O19.Ca.Mg.Sr.6H/c19-7(20)1-16(35,13(29)30)5-11(27)36-18(15(33)34,4-10(25)26)6-12(28)37-17(14(31)32,2-8(21)22)3-9(23)24;;;;;;;;;/h35H,1-6H2,(H,19,20)(H,21,22)(H,23,24)(H,25,26)(H,29,30)(H,31,32)(H,33,34);;;;;;;;;/q;3*+2;6*-1. The van der Waals surface area contributed by atoms with Gasteiger partial charge in [-0.2, -0.15) is 0 Å². The van der Waals surface area contributed by atoms with E-state index in [0.29, 0.717) is 0 Å². The Labute approximate surface area is 314 Å². The molecule has 8 N–H and O–H groups in total. The zero-order valence-corrected chi connectivity index (χ0v) is 27.5. The molecule has 40 heavy (non-hydrogen) atoms. The van der Waals surface area contributed by atoms with E-state index in [1.165, 1.54) is 0 Å². The van der Waals surface area contributed by atoms with E-state index in [2.05, 4.69) is 9.47 Å². The maximum Gasteiger partial charge on any atom is 2.00 e. The van der Waals surface area contributed by atoms with Gasteiger partial charge in [0.25, 0.3) is 0 Å². The van der Waals surface area contributed by atoms with E-state index in [1.807, 2.05) is 0 Å². The Balaban J connectivity index is -0.000000180. The second-order valence-corrected chi connectivity index (χ2v) is 7.52. The average molecular weight is 698 g/mol. The van der Waals surface area contributed by atoms with Crippen LogP contribution >= 0.6 is 0 Å². The molecule has 0 fully saturated rings. The summed E-state index contributed by atoms with van der Waals surface area (Å²) in [6.07, 6.45) is -10.3. The van der Waals surface area contributed by atoms with Gasteiger partial charge < -0.3 is 58.9 Å². The van der Waals surface area contributed by atoms with Gasteiger partial charge in [-0.15, -0.1) is 0 Å². The van der Waals surface area contributed by atoms with Crippen LogP contribution in [0, 0.1) is 0 Å². The van der Waals surface area contributed by atoms with Gasteiger partial charge in [-0.3, -0.25) is 28.8 Å². The van der Waals surface area contributed by atoms with E-state index in [9.17, 15) is 58.5 Å². The fraction of sp³-hybridized carbons (Fsp3) is 0.500. The second kappa shape index (κ2) is 19.0. The molecule has 0 amide bonds. The summed E-state index contributed by atoms with van der Waals surface area (Å²) in [6.45, 7) is 0. The first kappa shape index (κ1) is 45.7. The van der Waals surface area contributed by atoms with Gasteiger partial charge in [0.05, 0.1) is 38.5 Å². The van der Waals surface area contributed by atoms with Gasteiger partial charge in [-0.05, 0) is 0 Å². The summed E-state index contributed by atoms with van der Waals surface area (Å²) in [5, 5.41) is 73.2. The molecule has 0 spiro atoms. The van der Waals surface area contributed by atoms with Crippen LogP contribution in [0.2, 0.25) is 0 Å². The molecule has 0 aliphatic heterocycles. The van der Waals surface area contributed by atoms with Gasteiger partial charge in [0.15, 0.2) is 5.60 Å². The average Bonchev–Trinajstić information content (AvgIpc) is 2.64. The molecule has 0 bridgehead atoms. The van der Waals surface area contributed by atoms with Gasteiger partial charge in [0.1, 0.15) is 0 Å². The maximum atomic E-state index is 12.4. The summed E-state index contributed by atoms with van der Waals surface area (Å²) in [4.78, 5) is 103. The number of carbonyl (C=O) groups excluding carboxylic acids is 2. The van der Waals surface area contributed by atoms with Gasteiger partial charge in [-0.1, -0.05) is 0 Å². The van der Waals surface area contributed by atoms with Crippen LogP contribution in [0.25, 0.3) is 0 Å². The third-order valence-corrected chi connectivity index (χ3v) is 4.42. The van der Waals surface area contributed by atoms with Gasteiger partial charge in [-0.25, -0.2) is 14.4 Å². The second-order valence-electron chi connectivity index (χ2n) is 7.52. The van der Waals surface area contributed by atoms with E-state index in [0.717, 1.165) is 0 Å². The summed E-state index contributed by atoms with van der Waals surface area (Å²) in [7, 11) is 0. The van der Waals surface area contributed by atoms with Gasteiger partial charge in [0, 0.05) is 0 Å². The predicted molar refractivity (Wildman–Crippen MR) is 128 cm³/mol. The Kier molecular flexibility index (Phi) is 21.7. The van der Waals surface area contributed by atoms with Crippen LogP contribution in [0.5, 0.6) is 0 Å². The summed E-state index contributed by atoms with van der Waals surface area (Å²) < 4.78 is 8.84. The first-order chi connectivity index (χ1) is 16.7.